The maximum atomic E-state index is 13.4. The number of carbonyl (C=O) groups excluding carboxylic acids is 1. The molecule has 2 aromatic heterocycles. The van der Waals surface area contributed by atoms with Gasteiger partial charge in [-0.05, 0) is 49.9 Å². The Morgan fingerprint density at radius 3 is 2.34 bits per heavy atom. The van der Waals surface area contributed by atoms with Gasteiger partial charge in [-0.15, -0.1) is 0 Å². The topological polar surface area (TPSA) is 110 Å². The number of carbonyl (C=O) groups is 1. The first-order chi connectivity index (χ1) is 17.8. The number of aryl methyl sites for hydroxylation is 1. The third kappa shape index (κ3) is 5.41. The fourth-order valence-corrected chi connectivity index (χ4v) is 6.32. The Kier molecular flexibility index (Phi) is 7.57. The highest BCUT2D eigenvalue weighted by Gasteiger charge is 2.47. The summed E-state index contributed by atoms with van der Waals surface area (Å²) >= 11 is 0. The Morgan fingerprint density at radius 1 is 1.13 bits per heavy atom. The number of aromatic nitrogens is 4. The Bertz CT molecular complexity index is 1410. The lowest BCUT2D eigenvalue weighted by Gasteiger charge is -2.27. The zero-order chi connectivity index (χ0) is 27.8. The van der Waals surface area contributed by atoms with Crippen molar-refractivity contribution in [2.75, 3.05) is 0 Å². The average Bonchev–Trinajstić information content (AvgIpc) is 3.43. The van der Waals surface area contributed by atoms with Crippen LogP contribution in [0.3, 0.4) is 0 Å². The lowest BCUT2D eigenvalue weighted by atomic mass is 10.0. The fourth-order valence-electron chi connectivity index (χ4n) is 4.43. The maximum absolute atomic E-state index is 13.4. The quantitative estimate of drug-likeness (QED) is 0.448. The second kappa shape index (κ2) is 10.4. The Labute approximate surface area is 216 Å². The van der Waals surface area contributed by atoms with Gasteiger partial charge in [0.25, 0.3) is 0 Å². The van der Waals surface area contributed by atoms with Crippen molar-refractivity contribution in [2.45, 2.75) is 63.3 Å². The van der Waals surface area contributed by atoms with Crippen LogP contribution in [0.5, 0.6) is 0 Å². The molecule has 0 saturated carbocycles. The second-order valence-electron chi connectivity index (χ2n) is 9.14. The van der Waals surface area contributed by atoms with Gasteiger partial charge in [-0.1, -0.05) is 13.8 Å². The third-order valence-electron chi connectivity index (χ3n) is 6.64. The first kappa shape index (κ1) is 27.6. The van der Waals surface area contributed by atoms with Gasteiger partial charge in [0.2, 0.25) is 21.8 Å². The van der Waals surface area contributed by atoms with Gasteiger partial charge < -0.3 is 5.32 Å². The van der Waals surface area contributed by atoms with E-state index < -0.39 is 45.8 Å². The molecular weight excluding hydrogens is 528 g/mol. The highest BCUT2D eigenvalue weighted by atomic mass is 32.2. The lowest BCUT2D eigenvalue weighted by Crippen LogP contribution is -2.48. The summed E-state index contributed by atoms with van der Waals surface area (Å²) in [6.07, 6.45) is -0.329. The minimum atomic E-state index is -4.67. The Balaban J connectivity index is 1.52. The summed E-state index contributed by atoms with van der Waals surface area (Å²) in [5.74, 6) is -2.44. The summed E-state index contributed by atoms with van der Waals surface area (Å²) in [5.41, 5.74) is 1.40. The third-order valence-corrected chi connectivity index (χ3v) is 8.65. The monoisotopic (exact) mass is 554 g/mol. The van der Waals surface area contributed by atoms with Gasteiger partial charge in [0.15, 0.2) is 0 Å². The fraction of sp³-hybridized carbons (Fsp3) is 0.417. The number of amides is 1. The molecule has 204 valence electrons. The van der Waals surface area contributed by atoms with Crippen LogP contribution in [-0.2, 0) is 34.0 Å². The molecule has 1 aromatic carbocycles. The zero-order valence-electron chi connectivity index (χ0n) is 20.8. The minimum absolute atomic E-state index is 0.0210. The van der Waals surface area contributed by atoms with E-state index in [1.807, 2.05) is 13.8 Å². The van der Waals surface area contributed by atoms with Gasteiger partial charge in [0, 0.05) is 24.3 Å². The molecular formula is C24H26F4N6O3S. The molecule has 38 heavy (non-hydrogen) atoms. The van der Waals surface area contributed by atoms with Gasteiger partial charge in [0.05, 0.1) is 23.0 Å². The van der Waals surface area contributed by atoms with Crippen LogP contribution in [0.2, 0.25) is 0 Å². The normalized spacial score (nSPS) is 20.6. The molecule has 0 unspecified atom stereocenters. The van der Waals surface area contributed by atoms with Crippen molar-refractivity contribution in [3.05, 3.63) is 65.8 Å². The number of sulfonamides is 1. The van der Waals surface area contributed by atoms with Crippen molar-refractivity contribution in [1.82, 2.24) is 29.4 Å². The molecule has 1 aliphatic heterocycles. The number of alkyl halides is 3. The Morgan fingerprint density at radius 2 is 1.76 bits per heavy atom. The standard InChI is InChI=1S/C24H26F4N6O3S/c1-4-20-16(13-33(32-20)18-11-30-23(31-12-18)24(26,27)28)10-29-22(35)21-9-14(2)15(3)34(21)38(36,37)19-7-5-17(25)6-8-19/h5-8,11-15,21H,4,9-10H2,1-3H3,(H,29,35)/t14-,15+,21+/m1/s1. The van der Waals surface area contributed by atoms with Gasteiger partial charge in [-0.2, -0.15) is 22.6 Å². The molecule has 0 aliphatic carbocycles. The molecule has 1 amide bonds. The molecule has 14 heteroatoms. The minimum Gasteiger partial charge on any atom is -0.351 e. The summed E-state index contributed by atoms with van der Waals surface area (Å²) in [7, 11) is -4.08. The summed E-state index contributed by atoms with van der Waals surface area (Å²) in [5, 5.41) is 7.13. The van der Waals surface area contributed by atoms with Gasteiger partial charge in [-0.3, -0.25) is 4.79 Å². The van der Waals surface area contributed by atoms with Crippen molar-refractivity contribution >= 4 is 15.9 Å². The molecule has 1 aliphatic rings. The number of nitrogens with one attached hydrogen (secondary N) is 1. The average molecular weight is 555 g/mol. The predicted molar refractivity (Wildman–Crippen MR) is 128 cm³/mol. The molecule has 3 atom stereocenters. The first-order valence-electron chi connectivity index (χ1n) is 11.9. The molecule has 1 N–H and O–H groups in total. The van der Waals surface area contributed by atoms with Crippen LogP contribution in [-0.4, -0.2) is 50.5 Å². The van der Waals surface area contributed by atoms with E-state index in [0.717, 1.165) is 24.5 Å². The zero-order valence-corrected chi connectivity index (χ0v) is 21.6. The second-order valence-corrected chi connectivity index (χ2v) is 11.0. The van der Waals surface area contributed by atoms with Crippen LogP contribution in [0, 0.1) is 11.7 Å². The predicted octanol–water partition coefficient (Wildman–Crippen LogP) is 3.49. The largest absolute Gasteiger partial charge is 0.451 e. The van der Waals surface area contributed by atoms with Crippen LogP contribution >= 0.6 is 0 Å². The molecule has 3 aromatic rings. The molecule has 1 saturated heterocycles. The maximum Gasteiger partial charge on any atom is 0.451 e. The van der Waals surface area contributed by atoms with Gasteiger partial charge in [0.1, 0.15) is 17.5 Å². The number of nitrogens with zero attached hydrogens (tertiary/aromatic N) is 5. The van der Waals surface area contributed by atoms with Crippen molar-refractivity contribution in [1.29, 1.82) is 0 Å². The highest BCUT2D eigenvalue weighted by Crippen LogP contribution is 2.35. The van der Waals surface area contributed by atoms with E-state index in [2.05, 4.69) is 20.4 Å². The number of hydrogen-bond donors (Lipinski definition) is 1. The molecule has 3 heterocycles. The molecule has 0 spiro atoms. The van der Waals surface area contributed by atoms with Crippen molar-refractivity contribution < 1.29 is 30.8 Å². The molecule has 0 bridgehead atoms. The summed E-state index contributed by atoms with van der Waals surface area (Å²) in [4.78, 5) is 19.8. The first-order valence-corrected chi connectivity index (χ1v) is 13.3. The smallest absolute Gasteiger partial charge is 0.351 e. The number of hydrogen-bond acceptors (Lipinski definition) is 6. The number of rotatable bonds is 7. The van der Waals surface area contributed by atoms with E-state index in [1.165, 1.54) is 21.1 Å². The number of benzene rings is 1. The van der Waals surface area contributed by atoms with Crippen LogP contribution in [0.25, 0.3) is 5.69 Å². The van der Waals surface area contributed by atoms with Crippen molar-refractivity contribution in [3.8, 4) is 5.69 Å². The summed E-state index contributed by atoms with van der Waals surface area (Å²) in [6.45, 7) is 5.44. The van der Waals surface area contributed by atoms with Gasteiger partial charge >= 0.3 is 6.18 Å². The van der Waals surface area contributed by atoms with Crippen LogP contribution in [0.4, 0.5) is 17.6 Å². The molecule has 0 radical (unpaired) electrons. The highest BCUT2D eigenvalue weighted by molar-refractivity contribution is 7.89. The van der Waals surface area contributed by atoms with Crippen LogP contribution in [0.1, 0.15) is 44.3 Å². The van der Waals surface area contributed by atoms with Crippen molar-refractivity contribution in [3.63, 3.8) is 0 Å². The van der Waals surface area contributed by atoms with Crippen LogP contribution < -0.4 is 5.32 Å². The molecule has 1 fully saturated rings. The van der Waals surface area contributed by atoms with E-state index in [9.17, 15) is 30.8 Å². The van der Waals surface area contributed by atoms with E-state index >= 15 is 0 Å². The van der Waals surface area contributed by atoms with E-state index in [1.54, 1.807) is 13.1 Å². The van der Waals surface area contributed by atoms with Crippen molar-refractivity contribution in [2.24, 2.45) is 5.92 Å². The summed E-state index contributed by atoms with van der Waals surface area (Å²) in [6, 6.07) is 3.01. The molecule has 9 nitrogen and oxygen atoms in total. The molecule has 4 rings (SSSR count). The SMILES string of the molecule is CCc1nn(-c2cnc(C(F)(F)F)nc2)cc1CNC(=O)[C@@H]1C[C@@H](C)[C@H](C)N1S(=O)(=O)c1ccc(F)cc1. The lowest BCUT2D eigenvalue weighted by molar-refractivity contribution is -0.145. The summed E-state index contributed by atoms with van der Waals surface area (Å²) < 4.78 is 80.9. The van der Waals surface area contributed by atoms with Crippen LogP contribution in [0.15, 0.2) is 47.8 Å². The Hall–Kier alpha value is -3.39. The van der Waals surface area contributed by atoms with E-state index in [0.29, 0.717) is 24.1 Å². The van der Waals surface area contributed by atoms with Gasteiger partial charge in [-0.25, -0.2) is 27.5 Å². The number of halogens is 4. The van der Waals surface area contributed by atoms with E-state index in [-0.39, 0.29) is 23.0 Å². The van der Waals surface area contributed by atoms with E-state index in [4.69, 9.17) is 0 Å².